The quantitative estimate of drug-likeness (QED) is 0.759. The molecular weight excluding hydrogens is 386 g/mol. The number of fused-ring (bicyclic) bond motifs is 5. The molecule has 1 aromatic carbocycles. The molecule has 8 heteroatoms. The zero-order valence-electron chi connectivity index (χ0n) is 17.7. The summed E-state index contributed by atoms with van der Waals surface area (Å²) in [5.74, 6) is 0.591. The molecule has 8 nitrogen and oxygen atoms in total. The summed E-state index contributed by atoms with van der Waals surface area (Å²) in [5.41, 5.74) is 2.26. The van der Waals surface area contributed by atoms with E-state index in [2.05, 4.69) is 6.07 Å². The van der Waals surface area contributed by atoms with Crippen LogP contribution in [0.15, 0.2) is 17.8 Å². The van der Waals surface area contributed by atoms with E-state index in [0.717, 1.165) is 11.1 Å². The van der Waals surface area contributed by atoms with Gasteiger partial charge in [-0.2, -0.15) is 5.26 Å². The fourth-order valence-electron chi connectivity index (χ4n) is 4.87. The lowest BCUT2D eigenvalue weighted by Gasteiger charge is -2.47. The van der Waals surface area contributed by atoms with E-state index < -0.39 is 24.1 Å². The van der Waals surface area contributed by atoms with E-state index in [4.69, 9.17) is 14.2 Å². The van der Waals surface area contributed by atoms with Crippen molar-refractivity contribution in [2.45, 2.75) is 51.4 Å². The zero-order valence-corrected chi connectivity index (χ0v) is 17.7. The van der Waals surface area contributed by atoms with Gasteiger partial charge in [0.15, 0.2) is 0 Å². The highest BCUT2D eigenvalue weighted by Gasteiger charge is 2.58. The van der Waals surface area contributed by atoms with Crippen molar-refractivity contribution in [3.63, 3.8) is 0 Å². The number of piperazine rings is 1. The number of methoxy groups -OCH3 is 2. The van der Waals surface area contributed by atoms with Gasteiger partial charge in [0.05, 0.1) is 44.4 Å². The minimum absolute atomic E-state index is 0.209. The van der Waals surface area contributed by atoms with Gasteiger partial charge in [-0.1, -0.05) is 0 Å². The van der Waals surface area contributed by atoms with Crippen LogP contribution in [0, 0.1) is 17.2 Å². The van der Waals surface area contributed by atoms with Crippen LogP contribution in [-0.2, 0) is 9.53 Å². The minimum Gasteiger partial charge on any atom is -0.496 e. The van der Waals surface area contributed by atoms with Crippen LogP contribution in [0.2, 0.25) is 0 Å². The highest BCUT2D eigenvalue weighted by molar-refractivity contribution is 5.93. The Morgan fingerprint density at radius 3 is 2.50 bits per heavy atom. The summed E-state index contributed by atoms with van der Waals surface area (Å²) in [7, 11) is 3.17. The number of hydrogen-bond acceptors (Lipinski definition) is 6. The second-order valence-electron chi connectivity index (χ2n) is 8.02. The number of nitrogens with zero attached hydrogens (tertiary/aromatic N) is 3. The monoisotopic (exact) mass is 411 g/mol. The maximum atomic E-state index is 13.5. The second-order valence-corrected chi connectivity index (χ2v) is 8.02. The molecule has 2 saturated heterocycles. The van der Waals surface area contributed by atoms with Gasteiger partial charge in [0.1, 0.15) is 17.5 Å². The third kappa shape index (κ3) is 2.72. The second kappa shape index (κ2) is 7.24. The molecule has 2 bridgehead atoms. The van der Waals surface area contributed by atoms with Crippen LogP contribution in [-0.4, -0.2) is 54.2 Å². The Hall–Kier alpha value is -3.21. The first-order valence-electron chi connectivity index (χ1n) is 10.0. The highest BCUT2D eigenvalue weighted by atomic mass is 16.6. The van der Waals surface area contributed by atoms with Gasteiger partial charge >= 0.3 is 6.09 Å². The van der Waals surface area contributed by atoms with E-state index in [1.165, 1.54) is 4.90 Å². The molecular formula is C22H25N3O5. The van der Waals surface area contributed by atoms with E-state index in [1.54, 1.807) is 33.0 Å². The normalized spacial score (nSPS) is 26.6. The Labute approximate surface area is 175 Å². The summed E-state index contributed by atoms with van der Waals surface area (Å²) in [6, 6.07) is 4.31. The predicted molar refractivity (Wildman–Crippen MR) is 108 cm³/mol. The van der Waals surface area contributed by atoms with Crippen molar-refractivity contribution in [1.29, 1.82) is 5.26 Å². The molecule has 30 heavy (non-hydrogen) atoms. The van der Waals surface area contributed by atoms with Crippen LogP contribution in [0.4, 0.5) is 4.79 Å². The average Bonchev–Trinajstić information content (AvgIpc) is 3.06. The third-order valence-corrected chi connectivity index (χ3v) is 6.05. The Morgan fingerprint density at radius 1 is 1.23 bits per heavy atom. The molecule has 4 rings (SSSR count). The first-order valence-corrected chi connectivity index (χ1v) is 10.0. The molecule has 2 amide bonds. The number of amides is 2. The van der Waals surface area contributed by atoms with Gasteiger partial charge in [-0.3, -0.25) is 9.69 Å². The molecule has 0 unspecified atom stereocenters. The Balaban J connectivity index is 1.91. The summed E-state index contributed by atoms with van der Waals surface area (Å²) in [4.78, 5) is 29.5. The van der Waals surface area contributed by atoms with Crippen molar-refractivity contribution in [2.75, 3.05) is 14.2 Å². The molecule has 3 aliphatic heterocycles. The van der Waals surface area contributed by atoms with Crippen molar-refractivity contribution in [2.24, 2.45) is 5.92 Å². The lowest BCUT2D eigenvalue weighted by molar-refractivity contribution is -0.139. The maximum Gasteiger partial charge on any atom is 0.411 e. The fraction of sp³-hybridized carbons (Fsp3) is 0.500. The summed E-state index contributed by atoms with van der Waals surface area (Å²) in [6.45, 7) is 5.44. The van der Waals surface area contributed by atoms with Gasteiger partial charge in [0.25, 0.3) is 0 Å². The number of hydrogen-bond donors (Lipinski definition) is 0. The molecule has 2 fully saturated rings. The molecule has 3 aliphatic rings. The Morgan fingerprint density at radius 2 is 1.90 bits per heavy atom. The SMILES string of the molecule is COc1ccc(OC)c2c1C=C1[C@@H]3[C@@H](C#N)C[C@H](C(=O)N1[C@H]2C)N3C(=O)OC(C)C. The molecule has 4 atom stereocenters. The van der Waals surface area contributed by atoms with E-state index in [1.807, 2.05) is 25.1 Å². The predicted octanol–water partition coefficient (Wildman–Crippen LogP) is 3.09. The van der Waals surface area contributed by atoms with Gasteiger partial charge in [-0.15, -0.1) is 0 Å². The lowest BCUT2D eigenvalue weighted by Crippen LogP contribution is -2.59. The molecule has 158 valence electrons. The van der Waals surface area contributed by atoms with Gasteiger partial charge in [-0.05, 0) is 45.4 Å². The summed E-state index contributed by atoms with van der Waals surface area (Å²) in [6.07, 6.45) is 1.25. The van der Waals surface area contributed by atoms with E-state index >= 15 is 0 Å². The molecule has 1 aromatic rings. The van der Waals surface area contributed by atoms with Crippen molar-refractivity contribution >= 4 is 18.1 Å². The maximum absolute atomic E-state index is 13.5. The van der Waals surface area contributed by atoms with Crippen LogP contribution < -0.4 is 9.47 Å². The number of ether oxygens (including phenoxy) is 3. The minimum atomic E-state index is -0.719. The zero-order chi connectivity index (χ0) is 21.7. The Kier molecular flexibility index (Phi) is 4.85. The van der Waals surface area contributed by atoms with Crippen molar-refractivity contribution < 1.29 is 23.8 Å². The third-order valence-electron chi connectivity index (χ3n) is 6.05. The summed E-state index contributed by atoms with van der Waals surface area (Å²) in [5, 5.41) is 9.78. The van der Waals surface area contributed by atoms with E-state index in [9.17, 15) is 14.9 Å². The van der Waals surface area contributed by atoms with Gasteiger partial charge < -0.3 is 19.1 Å². The summed E-state index contributed by atoms with van der Waals surface area (Å²) < 4.78 is 16.5. The number of carbonyl (C=O) groups excluding carboxylic acids is 2. The van der Waals surface area contributed by atoms with Crippen LogP contribution in [0.25, 0.3) is 6.08 Å². The first-order chi connectivity index (χ1) is 14.3. The number of benzene rings is 1. The standard InChI is InChI=1S/C22H25N3O5/c1-11(2)30-22(27)25-16-8-13(10-23)20(25)15-9-14-17(28-4)6-7-18(29-5)19(14)12(3)24(15)21(16)26/h6-7,9,11-13,16,20H,8H2,1-5H3/t12-,13+,16+,20-/m0/s1. The molecule has 3 heterocycles. The van der Waals surface area contributed by atoms with Crippen molar-refractivity contribution in [3.8, 4) is 17.6 Å². The van der Waals surface area contributed by atoms with Gasteiger partial charge in [0.2, 0.25) is 5.91 Å². The average molecular weight is 411 g/mol. The molecule has 0 N–H and O–H groups in total. The number of nitriles is 1. The topological polar surface area (TPSA) is 92.1 Å². The van der Waals surface area contributed by atoms with Crippen molar-refractivity contribution in [3.05, 3.63) is 29.0 Å². The highest BCUT2D eigenvalue weighted by Crippen LogP contribution is 2.51. The lowest BCUT2D eigenvalue weighted by atomic mass is 9.88. The summed E-state index contributed by atoms with van der Waals surface area (Å²) >= 11 is 0. The van der Waals surface area contributed by atoms with Crippen LogP contribution in [0.5, 0.6) is 11.5 Å². The Bertz CT molecular complexity index is 980. The fourth-order valence-corrected chi connectivity index (χ4v) is 4.87. The first kappa shape index (κ1) is 20.1. The molecule has 0 saturated carbocycles. The van der Waals surface area contributed by atoms with Crippen molar-refractivity contribution in [1.82, 2.24) is 9.80 Å². The van der Waals surface area contributed by atoms with Crippen LogP contribution >= 0.6 is 0 Å². The number of rotatable bonds is 3. The smallest absolute Gasteiger partial charge is 0.411 e. The van der Waals surface area contributed by atoms with Crippen LogP contribution in [0.3, 0.4) is 0 Å². The number of carbonyl (C=O) groups is 2. The largest absolute Gasteiger partial charge is 0.496 e. The van der Waals surface area contributed by atoms with Gasteiger partial charge in [0, 0.05) is 16.8 Å². The molecule has 0 radical (unpaired) electrons. The van der Waals surface area contributed by atoms with Gasteiger partial charge in [-0.25, -0.2) is 4.79 Å². The van der Waals surface area contributed by atoms with Crippen LogP contribution in [0.1, 0.15) is 44.4 Å². The van der Waals surface area contributed by atoms with E-state index in [0.29, 0.717) is 23.6 Å². The molecule has 0 aliphatic carbocycles. The molecule has 0 spiro atoms. The van der Waals surface area contributed by atoms with E-state index in [-0.39, 0.29) is 18.1 Å². The molecule has 0 aromatic heterocycles.